The summed E-state index contributed by atoms with van der Waals surface area (Å²) < 4.78 is 0.869. The Hall–Kier alpha value is -1.36. The Labute approximate surface area is 115 Å². The summed E-state index contributed by atoms with van der Waals surface area (Å²) in [7, 11) is 0. The van der Waals surface area contributed by atoms with Crippen molar-refractivity contribution in [3.8, 4) is 0 Å². The second-order valence-electron chi connectivity index (χ2n) is 4.35. The molecule has 2 N–H and O–H groups in total. The van der Waals surface area contributed by atoms with Crippen LogP contribution < -0.4 is 5.32 Å². The molecule has 0 fully saturated rings. The van der Waals surface area contributed by atoms with Gasteiger partial charge in [-0.15, -0.1) is 0 Å². The third kappa shape index (κ3) is 3.57. The fraction of sp³-hybridized carbons (Fsp3) is 0.385. The van der Waals surface area contributed by atoms with E-state index < -0.39 is 11.5 Å². The molecule has 0 aromatic heterocycles. The predicted octanol–water partition coefficient (Wildman–Crippen LogP) is 2.82. The van der Waals surface area contributed by atoms with Crippen LogP contribution in [0.15, 0.2) is 28.7 Å². The lowest BCUT2D eigenvalue weighted by molar-refractivity contribution is -0.144. The zero-order valence-electron chi connectivity index (χ0n) is 10.4. The van der Waals surface area contributed by atoms with Gasteiger partial charge in [0.05, 0.1) is 0 Å². The second-order valence-corrected chi connectivity index (χ2v) is 5.26. The molecular formula is C13H16BrNO3. The van der Waals surface area contributed by atoms with Crippen LogP contribution in [0, 0.1) is 0 Å². The van der Waals surface area contributed by atoms with Crippen LogP contribution in [0.25, 0.3) is 0 Å². The molecule has 1 amide bonds. The number of carbonyl (C=O) groups is 2. The monoisotopic (exact) mass is 313 g/mol. The molecule has 1 unspecified atom stereocenters. The molecule has 18 heavy (non-hydrogen) atoms. The molecule has 0 radical (unpaired) electrons. The first-order valence-corrected chi connectivity index (χ1v) is 6.50. The number of nitrogens with one attached hydrogen (secondary N) is 1. The third-order valence-electron chi connectivity index (χ3n) is 2.72. The Kier molecular flexibility index (Phi) is 4.90. The number of halogens is 1. The lowest BCUT2D eigenvalue weighted by atomic mass is 9.96. The quantitative estimate of drug-likeness (QED) is 0.878. The van der Waals surface area contributed by atoms with E-state index in [1.54, 1.807) is 24.3 Å². The molecule has 1 aromatic carbocycles. The summed E-state index contributed by atoms with van der Waals surface area (Å²) in [6.07, 6.45) is 1.08. The zero-order chi connectivity index (χ0) is 13.8. The molecule has 0 aliphatic rings. The first-order valence-electron chi connectivity index (χ1n) is 5.70. The fourth-order valence-corrected chi connectivity index (χ4v) is 1.91. The number of carboxylic acid groups (broad SMARTS) is 1. The van der Waals surface area contributed by atoms with Gasteiger partial charge in [-0.25, -0.2) is 4.79 Å². The fourth-order valence-electron chi connectivity index (χ4n) is 1.65. The smallest absolute Gasteiger partial charge is 0.329 e. The van der Waals surface area contributed by atoms with Crippen LogP contribution in [-0.2, 0) is 4.79 Å². The molecule has 1 rings (SSSR count). The van der Waals surface area contributed by atoms with Gasteiger partial charge in [0.2, 0.25) is 0 Å². The van der Waals surface area contributed by atoms with Crippen molar-refractivity contribution < 1.29 is 14.7 Å². The molecule has 1 aromatic rings. The normalized spacial score (nSPS) is 13.7. The van der Waals surface area contributed by atoms with Gasteiger partial charge in [0.15, 0.2) is 0 Å². The maximum atomic E-state index is 12.0. The van der Waals surface area contributed by atoms with E-state index in [1.165, 1.54) is 6.92 Å². The van der Waals surface area contributed by atoms with Crippen LogP contribution in [-0.4, -0.2) is 22.5 Å². The minimum atomic E-state index is -1.22. The molecule has 0 aliphatic carbocycles. The number of amides is 1. The molecule has 0 saturated carbocycles. The topological polar surface area (TPSA) is 66.4 Å². The van der Waals surface area contributed by atoms with Gasteiger partial charge in [0.1, 0.15) is 5.54 Å². The van der Waals surface area contributed by atoms with E-state index in [4.69, 9.17) is 0 Å². The molecule has 4 nitrogen and oxygen atoms in total. The van der Waals surface area contributed by atoms with Crippen LogP contribution in [0.5, 0.6) is 0 Å². The van der Waals surface area contributed by atoms with E-state index in [2.05, 4.69) is 21.2 Å². The molecule has 0 saturated heterocycles. The van der Waals surface area contributed by atoms with Gasteiger partial charge in [0, 0.05) is 10.0 Å². The highest BCUT2D eigenvalue weighted by molar-refractivity contribution is 9.10. The first-order chi connectivity index (χ1) is 8.39. The Bertz CT molecular complexity index is 444. The summed E-state index contributed by atoms with van der Waals surface area (Å²) in [4.78, 5) is 23.2. The lowest BCUT2D eigenvalue weighted by Gasteiger charge is -2.25. The third-order valence-corrected chi connectivity index (χ3v) is 3.25. The van der Waals surface area contributed by atoms with Crippen LogP contribution in [0.1, 0.15) is 37.0 Å². The number of carboxylic acids is 1. The minimum Gasteiger partial charge on any atom is -0.480 e. The maximum Gasteiger partial charge on any atom is 0.329 e. The standard InChI is InChI=1S/C13H16BrNO3/c1-3-8-13(2,12(17)18)15-11(16)9-4-6-10(14)7-5-9/h4-7H,3,8H2,1-2H3,(H,15,16)(H,17,18). The maximum absolute atomic E-state index is 12.0. The van der Waals surface area contributed by atoms with Gasteiger partial charge in [-0.2, -0.15) is 0 Å². The zero-order valence-corrected chi connectivity index (χ0v) is 12.0. The highest BCUT2D eigenvalue weighted by atomic mass is 79.9. The molecule has 0 heterocycles. The van der Waals surface area contributed by atoms with Gasteiger partial charge >= 0.3 is 5.97 Å². The predicted molar refractivity (Wildman–Crippen MR) is 72.6 cm³/mol. The molecular weight excluding hydrogens is 298 g/mol. The Morgan fingerprint density at radius 3 is 2.33 bits per heavy atom. The number of carbonyl (C=O) groups excluding carboxylic acids is 1. The highest BCUT2D eigenvalue weighted by Crippen LogP contribution is 2.15. The van der Waals surface area contributed by atoms with Crippen LogP contribution >= 0.6 is 15.9 Å². The Balaban J connectivity index is 2.85. The van der Waals surface area contributed by atoms with Gasteiger partial charge in [-0.1, -0.05) is 29.3 Å². The van der Waals surface area contributed by atoms with Crippen LogP contribution in [0.2, 0.25) is 0 Å². The van der Waals surface area contributed by atoms with Crippen molar-refractivity contribution in [1.82, 2.24) is 5.32 Å². The Morgan fingerprint density at radius 1 is 1.33 bits per heavy atom. The van der Waals surface area contributed by atoms with Crippen LogP contribution in [0.3, 0.4) is 0 Å². The SMILES string of the molecule is CCCC(C)(NC(=O)c1ccc(Br)cc1)C(=O)O. The van der Waals surface area contributed by atoms with Crippen molar-refractivity contribution in [3.05, 3.63) is 34.3 Å². The molecule has 0 aliphatic heterocycles. The van der Waals surface area contributed by atoms with E-state index in [-0.39, 0.29) is 5.91 Å². The van der Waals surface area contributed by atoms with Crippen molar-refractivity contribution >= 4 is 27.8 Å². The summed E-state index contributed by atoms with van der Waals surface area (Å²) in [5.74, 6) is -1.39. The van der Waals surface area contributed by atoms with Crippen molar-refractivity contribution in [2.24, 2.45) is 0 Å². The van der Waals surface area contributed by atoms with E-state index in [0.717, 1.165) is 4.47 Å². The van der Waals surface area contributed by atoms with Gasteiger partial charge in [0.25, 0.3) is 5.91 Å². The molecule has 5 heteroatoms. The van der Waals surface area contributed by atoms with E-state index in [0.29, 0.717) is 18.4 Å². The van der Waals surface area contributed by atoms with Crippen LogP contribution in [0.4, 0.5) is 0 Å². The second kappa shape index (κ2) is 6.00. The number of hydrogen-bond acceptors (Lipinski definition) is 2. The Morgan fingerprint density at radius 2 is 1.89 bits per heavy atom. The van der Waals surface area contributed by atoms with Gasteiger partial charge in [-0.3, -0.25) is 4.79 Å². The average Bonchev–Trinajstić information content (AvgIpc) is 2.29. The van der Waals surface area contributed by atoms with Crippen molar-refractivity contribution in [2.45, 2.75) is 32.2 Å². The molecule has 0 spiro atoms. The highest BCUT2D eigenvalue weighted by Gasteiger charge is 2.33. The molecule has 98 valence electrons. The van der Waals surface area contributed by atoms with E-state index in [9.17, 15) is 14.7 Å². The molecule has 0 bridgehead atoms. The largest absolute Gasteiger partial charge is 0.480 e. The minimum absolute atomic E-state index is 0.374. The summed E-state index contributed by atoms with van der Waals surface area (Å²) in [5.41, 5.74) is -0.777. The van der Waals surface area contributed by atoms with Crippen molar-refractivity contribution in [3.63, 3.8) is 0 Å². The van der Waals surface area contributed by atoms with Crippen molar-refractivity contribution in [2.75, 3.05) is 0 Å². The summed E-state index contributed by atoms with van der Waals surface area (Å²) in [6.45, 7) is 3.41. The number of rotatable bonds is 5. The number of aliphatic carboxylic acids is 1. The van der Waals surface area contributed by atoms with E-state index in [1.807, 2.05) is 6.92 Å². The summed E-state index contributed by atoms with van der Waals surface area (Å²) in [6, 6.07) is 6.78. The average molecular weight is 314 g/mol. The van der Waals surface area contributed by atoms with Gasteiger partial charge in [-0.05, 0) is 37.6 Å². The first kappa shape index (κ1) is 14.7. The van der Waals surface area contributed by atoms with Gasteiger partial charge < -0.3 is 10.4 Å². The summed E-state index contributed by atoms with van der Waals surface area (Å²) in [5, 5.41) is 11.8. The van der Waals surface area contributed by atoms with Crippen molar-refractivity contribution in [1.29, 1.82) is 0 Å². The number of benzene rings is 1. The molecule has 1 atom stereocenters. The summed E-state index contributed by atoms with van der Waals surface area (Å²) >= 11 is 3.28. The van der Waals surface area contributed by atoms with E-state index >= 15 is 0 Å². The number of hydrogen-bond donors (Lipinski definition) is 2. The lowest BCUT2D eigenvalue weighted by Crippen LogP contribution is -2.52.